The molecule has 1 saturated heterocycles. The van der Waals surface area contributed by atoms with E-state index in [2.05, 4.69) is 19.6 Å². The number of rotatable bonds is 5. The average molecular weight is 515 g/mol. The van der Waals surface area contributed by atoms with E-state index in [0.29, 0.717) is 12.4 Å². The first-order valence-corrected chi connectivity index (χ1v) is 11.9. The zero-order valence-electron chi connectivity index (χ0n) is 18.4. The van der Waals surface area contributed by atoms with Crippen LogP contribution < -0.4 is 5.32 Å². The van der Waals surface area contributed by atoms with Crippen LogP contribution >= 0.6 is 0 Å². The molecule has 2 aromatic heterocycles. The van der Waals surface area contributed by atoms with Crippen molar-refractivity contribution in [3.63, 3.8) is 0 Å². The van der Waals surface area contributed by atoms with Gasteiger partial charge in [-0.05, 0) is 37.5 Å². The Kier molecular flexibility index (Phi) is 6.47. The van der Waals surface area contributed by atoms with Crippen molar-refractivity contribution < 1.29 is 35.0 Å². The quantitative estimate of drug-likeness (QED) is 0.281. The van der Waals surface area contributed by atoms with Crippen LogP contribution in [-0.2, 0) is 19.1 Å². The monoisotopic (exact) mass is 515 g/mol. The summed E-state index contributed by atoms with van der Waals surface area (Å²) in [5.74, 6) is 1.52. The molecule has 0 aromatic carbocycles. The van der Waals surface area contributed by atoms with Crippen molar-refractivity contribution in [2.24, 2.45) is 0 Å². The first-order valence-electron chi connectivity index (χ1n) is 10.5. The Morgan fingerprint density at radius 3 is 2.60 bits per heavy atom. The van der Waals surface area contributed by atoms with Crippen LogP contribution in [0.3, 0.4) is 0 Å². The number of hydrogen-bond acceptors (Lipinski definition) is 8. The van der Waals surface area contributed by atoms with E-state index in [0.717, 1.165) is 11.8 Å². The summed E-state index contributed by atoms with van der Waals surface area (Å²) in [5.41, 5.74) is -5.13. The van der Waals surface area contributed by atoms with Crippen molar-refractivity contribution in [2.75, 3.05) is 13.1 Å². The van der Waals surface area contributed by atoms with Crippen LogP contribution in [0.25, 0.3) is 5.82 Å². The van der Waals surface area contributed by atoms with E-state index < -0.39 is 27.0 Å². The minimum absolute atomic E-state index is 0.0622. The zero-order valence-corrected chi connectivity index (χ0v) is 19.2. The molecule has 0 bridgehead atoms. The van der Waals surface area contributed by atoms with Crippen LogP contribution in [0, 0.1) is 5.82 Å². The summed E-state index contributed by atoms with van der Waals surface area (Å²) in [4.78, 5) is 17.8. The molecule has 2 aromatic rings. The molecule has 4 rings (SSSR count). The summed E-state index contributed by atoms with van der Waals surface area (Å²) in [6.45, 7) is 2.59. The van der Waals surface area contributed by atoms with E-state index in [1.54, 1.807) is 18.3 Å². The second kappa shape index (κ2) is 9.10. The summed E-state index contributed by atoms with van der Waals surface area (Å²) in [6, 6.07) is 3.28. The molecule has 9 nitrogen and oxygen atoms in total. The van der Waals surface area contributed by atoms with Gasteiger partial charge in [-0.2, -0.15) is 26.7 Å². The Morgan fingerprint density at radius 2 is 2.06 bits per heavy atom. The van der Waals surface area contributed by atoms with Crippen molar-refractivity contribution in [1.29, 1.82) is 0 Å². The average Bonchev–Trinajstić information content (AvgIpc) is 3.25. The predicted molar refractivity (Wildman–Crippen MR) is 114 cm³/mol. The van der Waals surface area contributed by atoms with Gasteiger partial charge in [0.2, 0.25) is 0 Å². The Balaban J connectivity index is 1.50. The summed E-state index contributed by atoms with van der Waals surface area (Å²) in [5, 5.41) is 6.99. The van der Waals surface area contributed by atoms with Crippen LogP contribution in [0.1, 0.15) is 37.8 Å². The fraction of sp³-hybridized carbons (Fsp3) is 0.429. The minimum Gasteiger partial charge on any atom is -0.381 e. The molecule has 188 valence electrons. The molecule has 3 heterocycles. The van der Waals surface area contributed by atoms with Gasteiger partial charge in [-0.25, -0.2) is 18.9 Å². The van der Waals surface area contributed by atoms with E-state index in [1.165, 1.54) is 17.0 Å². The molecule has 2 atom stereocenters. The molecule has 2 aliphatic rings. The molecule has 35 heavy (non-hydrogen) atoms. The lowest BCUT2D eigenvalue weighted by molar-refractivity contribution is -0.0525. The zero-order chi connectivity index (χ0) is 25.4. The lowest BCUT2D eigenvalue weighted by Gasteiger charge is -2.47. The van der Waals surface area contributed by atoms with E-state index in [4.69, 9.17) is 0 Å². The summed E-state index contributed by atoms with van der Waals surface area (Å²) >= 11 is 0. The second-order valence-electron chi connectivity index (χ2n) is 8.48. The highest BCUT2D eigenvalue weighted by Crippen LogP contribution is 2.37. The highest BCUT2D eigenvalue weighted by Gasteiger charge is 2.49. The van der Waals surface area contributed by atoms with Crippen molar-refractivity contribution in [3.8, 4) is 5.82 Å². The van der Waals surface area contributed by atoms with Gasteiger partial charge < -0.3 is 9.50 Å². The van der Waals surface area contributed by atoms with Gasteiger partial charge in [-0.1, -0.05) is 6.07 Å². The van der Waals surface area contributed by atoms with E-state index in [-0.39, 0.29) is 43.3 Å². The Bertz CT molecular complexity index is 1290. The maximum atomic E-state index is 13.2. The van der Waals surface area contributed by atoms with E-state index in [1.807, 2.05) is 17.8 Å². The third-order valence-corrected chi connectivity index (χ3v) is 7.06. The van der Waals surface area contributed by atoms with Gasteiger partial charge in [-0.3, -0.25) is 4.90 Å². The summed E-state index contributed by atoms with van der Waals surface area (Å²) in [6.07, 6.45) is 5.51. The van der Waals surface area contributed by atoms with Crippen molar-refractivity contribution in [2.45, 2.75) is 43.3 Å². The molecular formula is C21H21F4N5O4S. The van der Waals surface area contributed by atoms with Gasteiger partial charge in [0.05, 0.1) is 17.9 Å². The number of allylic oxidation sites excluding steroid dienone is 1. The van der Waals surface area contributed by atoms with Crippen LogP contribution in [0.5, 0.6) is 0 Å². The van der Waals surface area contributed by atoms with Gasteiger partial charge in [-0.15, -0.1) is 0 Å². The third-order valence-electron chi connectivity index (χ3n) is 6.06. The smallest absolute Gasteiger partial charge is 0.381 e. The van der Waals surface area contributed by atoms with E-state index in [9.17, 15) is 30.8 Å². The first-order chi connectivity index (χ1) is 16.4. The second-order valence-corrected chi connectivity index (χ2v) is 10.0. The van der Waals surface area contributed by atoms with Crippen molar-refractivity contribution >= 4 is 16.1 Å². The number of carbonyl (C=O) groups excluding carboxylic acids is 1. The molecule has 1 spiro atoms. The van der Waals surface area contributed by atoms with Gasteiger partial charge in [0, 0.05) is 31.7 Å². The van der Waals surface area contributed by atoms with E-state index >= 15 is 0 Å². The van der Waals surface area contributed by atoms with Gasteiger partial charge in [0.15, 0.2) is 11.6 Å². The molecule has 1 aliphatic heterocycles. The molecule has 1 unspecified atom stereocenters. The fourth-order valence-corrected chi connectivity index (χ4v) is 4.72. The van der Waals surface area contributed by atoms with Crippen LogP contribution in [0.15, 0.2) is 48.3 Å². The molecule has 1 fully saturated rings. The minimum atomic E-state index is -5.74. The predicted octanol–water partition coefficient (Wildman–Crippen LogP) is 2.76. The summed E-state index contributed by atoms with van der Waals surface area (Å²) < 4.78 is 79.3. The maximum Gasteiger partial charge on any atom is 0.534 e. The number of nitrogens with one attached hydrogen (secondary N) is 1. The number of nitrogens with zero attached hydrogens (tertiary/aromatic N) is 4. The number of hydrogen-bond donors (Lipinski definition) is 1. The Labute approximate surface area is 198 Å². The lowest BCUT2D eigenvalue weighted by atomic mass is 9.82. The lowest BCUT2D eigenvalue weighted by Crippen LogP contribution is -2.60. The standard InChI is InChI=1S/C21H21F4N5O4S/c1-14(15-2-3-19(26-8-15)30-10-16(22)9-27-30)29-11-17(12-31)28-20(13-29)6-4-18(5-7-20)34-35(32,33)21(23,24)25/h2-4,8-10,14,28H,5-7,11,13H2,1H3/t14-,20?/m0/s1. The topological polar surface area (TPSA) is 106 Å². The number of halogens is 4. The normalized spacial score (nSPS) is 22.3. The van der Waals surface area contributed by atoms with Crippen LogP contribution in [0.2, 0.25) is 0 Å². The molecule has 1 aliphatic carbocycles. The number of alkyl halides is 3. The Hall–Kier alpha value is -3.22. The largest absolute Gasteiger partial charge is 0.534 e. The van der Waals surface area contributed by atoms with Crippen molar-refractivity contribution in [3.05, 3.63) is 59.6 Å². The molecule has 0 radical (unpaired) electrons. The van der Waals surface area contributed by atoms with Gasteiger partial charge >= 0.3 is 15.6 Å². The molecular weight excluding hydrogens is 494 g/mol. The first kappa shape index (κ1) is 24.9. The number of pyridine rings is 1. The summed E-state index contributed by atoms with van der Waals surface area (Å²) in [7, 11) is -5.74. The van der Waals surface area contributed by atoms with Crippen LogP contribution in [-0.4, -0.2) is 58.2 Å². The SMILES string of the molecule is C[C@@H](c1ccc(-n2cc(F)cn2)nc1)N1CC(=C=O)NC2(CC=C(OS(=O)(=O)C(F)(F)F)CC2)C1. The highest BCUT2D eigenvalue weighted by molar-refractivity contribution is 7.87. The van der Waals surface area contributed by atoms with Crippen LogP contribution in [0.4, 0.5) is 17.6 Å². The molecule has 14 heteroatoms. The van der Waals surface area contributed by atoms with Gasteiger partial charge in [0.25, 0.3) is 0 Å². The number of piperazine rings is 1. The molecule has 0 saturated carbocycles. The van der Waals surface area contributed by atoms with Crippen molar-refractivity contribution in [1.82, 2.24) is 25.0 Å². The molecule has 0 amide bonds. The Morgan fingerprint density at radius 1 is 1.29 bits per heavy atom. The highest BCUT2D eigenvalue weighted by atomic mass is 32.2. The number of aromatic nitrogens is 3. The third kappa shape index (κ3) is 5.24. The maximum absolute atomic E-state index is 13.2. The van der Waals surface area contributed by atoms with Gasteiger partial charge in [0.1, 0.15) is 17.4 Å². The molecule has 1 N–H and O–H groups in total. The fourth-order valence-electron chi connectivity index (χ4n) is 4.19.